The topological polar surface area (TPSA) is 92.4 Å². The van der Waals surface area contributed by atoms with Crippen molar-refractivity contribution in [3.05, 3.63) is 41.3 Å². The minimum atomic E-state index is -3.60. The fraction of sp³-hybridized carbons (Fsp3) is 0.357. The van der Waals surface area contributed by atoms with E-state index >= 15 is 0 Å². The second-order valence-corrected chi connectivity index (χ2v) is 6.53. The van der Waals surface area contributed by atoms with Crippen LogP contribution in [0.4, 0.5) is 0 Å². The zero-order valence-electron chi connectivity index (χ0n) is 12.0. The molecule has 0 bridgehead atoms. The maximum atomic E-state index is 12.1. The highest BCUT2D eigenvalue weighted by molar-refractivity contribution is 7.89. The monoisotopic (exact) mass is 310 g/mol. The number of aromatic nitrogens is 1. The molecule has 0 spiro atoms. The molecule has 1 heterocycles. The molecule has 2 aromatic rings. The summed E-state index contributed by atoms with van der Waals surface area (Å²) in [6.45, 7) is 3.47. The lowest BCUT2D eigenvalue weighted by Gasteiger charge is -2.06. The van der Waals surface area contributed by atoms with Gasteiger partial charge in [-0.3, -0.25) is 0 Å². The third kappa shape index (κ3) is 3.83. The van der Waals surface area contributed by atoms with Crippen molar-refractivity contribution in [2.24, 2.45) is 0 Å². The third-order valence-electron chi connectivity index (χ3n) is 3.08. The predicted octanol–water partition coefficient (Wildman–Crippen LogP) is 1.91. The van der Waals surface area contributed by atoms with E-state index in [0.29, 0.717) is 25.1 Å². The molecule has 0 aliphatic rings. The van der Waals surface area contributed by atoms with Crippen LogP contribution in [-0.2, 0) is 16.4 Å². The molecule has 114 valence electrons. The zero-order valence-corrected chi connectivity index (χ0v) is 12.8. The molecule has 0 aliphatic heterocycles. The van der Waals surface area contributed by atoms with E-state index in [1.165, 1.54) is 0 Å². The highest BCUT2D eigenvalue weighted by atomic mass is 32.2. The first-order valence-electron chi connectivity index (χ1n) is 6.60. The average Bonchev–Trinajstić information content (AvgIpc) is 2.75. The lowest BCUT2D eigenvalue weighted by atomic mass is 10.1. The second-order valence-electron chi connectivity index (χ2n) is 4.82. The van der Waals surface area contributed by atoms with Gasteiger partial charge in [0.1, 0.15) is 16.3 Å². The molecule has 7 heteroatoms. The number of benzene rings is 1. The van der Waals surface area contributed by atoms with E-state index in [9.17, 15) is 13.5 Å². The van der Waals surface area contributed by atoms with Crippen molar-refractivity contribution in [2.75, 3.05) is 6.54 Å². The predicted molar refractivity (Wildman–Crippen MR) is 77.6 cm³/mol. The van der Waals surface area contributed by atoms with Crippen LogP contribution in [0.3, 0.4) is 0 Å². The van der Waals surface area contributed by atoms with Crippen molar-refractivity contribution >= 4 is 10.0 Å². The normalized spacial score (nSPS) is 11.7. The number of aryl methyl sites for hydroxylation is 3. The number of nitrogens with zero attached hydrogens (tertiary/aromatic N) is 1. The minimum Gasteiger partial charge on any atom is -0.508 e. The number of phenolic OH excluding ortho intramolecular Hbond substituents is 1. The first-order chi connectivity index (χ1) is 9.90. The van der Waals surface area contributed by atoms with Gasteiger partial charge in [-0.25, -0.2) is 13.1 Å². The maximum Gasteiger partial charge on any atom is 0.245 e. The van der Waals surface area contributed by atoms with E-state index in [4.69, 9.17) is 4.52 Å². The van der Waals surface area contributed by atoms with Crippen molar-refractivity contribution < 1.29 is 18.0 Å². The molecule has 0 saturated carbocycles. The van der Waals surface area contributed by atoms with Crippen LogP contribution in [-0.4, -0.2) is 25.2 Å². The molecule has 2 N–H and O–H groups in total. The highest BCUT2D eigenvalue weighted by Gasteiger charge is 2.23. The summed E-state index contributed by atoms with van der Waals surface area (Å²) in [6.07, 6.45) is 1.31. The molecule has 0 fully saturated rings. The molecule has 0 saturated heterocycles. The van der Waals surface area contributed by atoms with Crippen molar-refractivity contribution in [3.63, 3.8) is 0 Å². The van der Waals surface area contributed by atoms with E-state index in [1.54, 1.807) is 32.0 Å². The molecular formula is C14H18N2O4S. The number of nitrogens with one attached hydrogen (secondary N) is 1. The molecule has 0 radical (unpaired) electrons. The quantitative estimate of drug-likeness (QED) is 0.795. The fourth-order valence-electron chi connectivity index (χ4n) is 2.14. The molecule has 0 atom stereocenters. The van der Waals surface area contributed by atoms with Gasteiger partial charge < -0.3 is 9.63 Å². The molecular weight excluding hydrogens is 292 g/mol. The Hall–Kier alpha value is -1.86. The van der Waals surface area contributed by atoms with Gasteiger partial charge >= 0.3 is 0 Å². The van der Waals surface area contributed by atoms with Crippen LogP contribution in [0.5, 0.6) is 5.75 Å². The van der Waals surface area contributed by atoms with Gasteiger partial charge in [-0.15, -0.1) is 0 Å². The molecule has 0 unspecified atom stereocenters. The molecule has 6 nitrogen and oxygen atoms in total. The smallest absolute Gasteiger partial charge is 0.245 e. The number of hydrogen-bond donors (Lipinski definition) is 2. The summed E-state index contributed by atoms with van der Waals surface area (Å²) in [4.78, 5) is 0.111. The van der Waals surface area contributed by atoms with Crippen LogP contribution in [0.1, 0.15) is 23.4 Å². The van der Waals surface area contributed by atoms with E-state index in [1.807, 2.05) is 6.07 Å². The summed E-state index contributed by atoms with van der Waals surface area (Å²) in [5.74, 6) is 0.497. The fourth-order valence-corrected chi connectivity index (χ4v) is 3.54. The van der Waals surface area contributed by atoms with Gasteiger partial charge in [0, 0.05) is 6.54 Å². The van der Waals surface area contributed by atoms with Crippen LogP contribution in [0, 0.1) is 13.8 Å². The Morgan fingerprint density at radius 3 is 2.71 bits per heavy atom. The highest BCUT2D eigenvalue weighted by Crippen LogP contribution is 2.18. The number of hydrogen-bond acceptors (Lipinski definition) is 5. The standard InChI is InChI=1S/C14H18N2O4S/c1-10-14(11(2)20-16-10)21(18,19)15-8-4-6-12-5-3-7-13(17)9-12/h3,5,7,9,15,17H,4,6,8H2,1-2H3. The molecule has 21 heavy (non-hydrogen) atoms. The average molecular weight is 310 g/mol. The first kappa shape index (κ1) is 15.5. The third-order valence-corrected chi connectivity index (χ3v) is 4.79. The summed E-state index contributed by atoms with van der Waals surface area (Å²) in [7, 11) is -3.60. The molecule has 2 rings (SSSR count). The number of rotatable bonds is 6. The van der Waals surface area contributed by atoms with E-state index in [-0.39, 0.29) is 16.4 Å². The Morgan fingerprint density at radius 2 is 2.10 bits per heavy atom. The van der Waals surface area contributed by atoms with Crippen molar-refractivity contribution in [1.29, 1.82) is 0 Å². The van der Waals surface area contributed by atoms with E-state index < -0.39 is 10.0 Å². The largest absolute Gasteiger partial charge is 0.508 e. The minimum absolute atomic E-state index is 0.111. The lowest BCUT2D eigenvalue weighted by Crippen LogP contribution is -2.26. The van der Waals surface area contributed by atoms with Gasteiger partial charge in [0.25, 0.3) is 0 Å². The van der Waals surface area contributed by atoms with Gasteiger partial charge in [-0.2, -0.15) is 0 Å². The van der Waals surface area contributed by atoms with E-state index in [2.05, 4.69) is 9.88 Å². The Labute approximate surface area is 123 Å². The molecule has 1 aromatic heterocycles. The first-order valence-corrected chi connectivity index (χ1v) is 8.09. The van der Waals surface area contributed by atoms with Gasteiger partial charge in [0.2, 0.25) is 10.0 Å². The Balaban J connectivity index is 1.91. The lowest BCUT2D eigenvalue weighted by molar-refractivity contribution is 0.390. The SMILES string of the molecule is Cc1noc(C)c1S(=O)(=O)NCCCc1cccc(O)c1. The maximum absolute atomic E-state index is 12.1. The van der Waals surface area contributed by atoms with Gasteiger partial charge in [0.05, 0.1) is 0 Å². The Morgan fingerprint density at radius 1 is 1.33 bits per heavy atom. The van der Waals surface area contributed by atoms with Gasteiger partial charge in [0.15, 0.2) is 5.76 Å². The van der Waals surface area contributed by atoms with E-state index in [0.717, 1.165) is 5.56 Å². The summed E-state index contributed by atoms with van der Waals surface area (Å²) >= 11 is 0. The summed E-state index contributed by atoms with van der Waals surface area (Å²) in [5.41, 5.74) is 1.32. The van der Waals surface area contributed by atoms with Crippen molar-refractivity contribution in [3.8, 4) is 5.75 Å². The van der Waals surface area contributed by atoms with Crippen LogP contribution in [0.15, 0.2) is 33.7 Å². The molecule has 1 aromatic carbocycles. The van der Waals surface area contributed by atoms with Gasteiger partial charge in [-0.05, 0) is 44.4 Å². The van der Waals surface area contributed by atoms with Crippen LogP contribution >= 0.6 is 0 Å². The van der Waals surface area contributed by atoms with Crippen LogP contribution in [0.2, 0.25) is 0 Å². The van der Waals surface area contributed by atoms with Gasteiger partial charge in [-0.1, -0.05) is 17.3 Å². The Bertz CT molecular complexity index is 703. The molecule has 0 aliphatic carbocycles. The van der Waals surface area contributed by atoms with Crippen LogP contribution < -0.4 is 4.72 Å². The summed E-state index contributed by atoms with van der Waals surface area (Å²) in [6, 6.07) is 6.92. The summed E-state index contributed by atoms with van der Waals surface area (Å²) in [5, 5.41) is 13.0. The Kier molecular flexibility index (Phi) is 4.64. The second kappa shape index (κ2) is 6.28. The van der Waals surface area contributed by atoms with Crippen molar-refractivity contribution in [2.45, 2.75) is 31.6 Å². The molecule has 0 amide bonds. The van der Waals surface area contributed by atoms with Crippen LogP contribution in [0.25, 0.3) is 0 Å². The number of phenols is 1. The number of aromatic hydroxyl groups is 1. The number of sulfonamides is 1. The summed E-state index contributed by atoms with van der Waals surface area (Å²) < 4.78 is 31.7. The van der Waals surface area contributed by atoms with Crippen molar-refractivity contribution in [1.82, 2.24) is 9.88 Å². The zero-order chi connectivity index (χ0) is 15.5.